The number of hydrogen-bond acceptors (Lipinski definition) is 4. The van der Waals surface area contributed by atoms with Gasteiger partial charge in [-0.05, 0) is 24.3 Å². The van der Waals surface area contributed by atoms with E-state index in [9.17, 15) is 14.4 Å². The number of carbonyl (C=O) groups is 3. The molecule has 1 aromatic carbocycles. The number of aromatic nitrogens is 1. The molecule has 7 heteroatoms. The third-order valence-corrected chi connectivity index (χ3v) is 3.43. The standard InChI is InChI=1S/C19H20N4O3/c1-2-11-21-17(24)15-8-3-4-9-16(15)23-19(26)18(25)22-13-10-14-7-5-6-12-20-14/h2-9,12H,1,10-11,13H2,(H,21,24)(H,22,25)(H,23,26). The Hall–Kier alpha value is -3.48. The predicted octanol–water partition coefficient (Wildman–Crippen LogP) is 1.29. The van der Waals surface area contributed by atoms with Gasteiger partial charge in [-0.1, -0.05) is 24.3 Å². The molecule has 0 aliphatic carbocycles. The van der Waals surface area contributed by atoms with E-state index >= 15 is 0 Å². The minimum atomic E-state index is -0.838. The second-order valence-electron chi connectivity index (χ2n) is 5.33. The van der Waals surface area contributed by atoms with Crippen LogP contribution in [0, 0.1) is 0 Å². The Morgan fingerprint density at radius 2 is 1.77 bits per heavy atom. The lowest BCUT2D eigenvalue weighted by Gasteiger charge is -2.11. The van der Waals surface area contributed by atoms with Crippen LogP contribution in [0.25, 0.3) is 0 Å². The van der Waals surface area contributed by atoms with E-state index in [1.54, 1.807) is 42.6 Å². The molecule has 0 unspecified atom stereocenters. The van der Waals surface area contributed by atoms with Gasteiger partial charge in [0, 0.05) is 31.4 Å². The fourth-order valence-corrected chi connectivity index (χ4v) is 2.16. The van der Waals surface area contributed by atoms with Gasteiger partial charge in [0.15, 0.2) is 0 Å². The molecule has 0 saturated heterocycles. The van der Waals surface area contributed by atoms with Gasteiger partial charge in [0.25, 0.3) is 5.91 Å². The second kappa shape index (κ2) is 9.73. The summed E-state index contributed by atoms with van der Waals surface area (Å²) >= 11 is 0. The van der Waals surface area contributed by atoms with Gasteiger partial charge >= 0.3 is 11.8 Å². The molecule has 7 nitrogen and oxygen atoms in total. The van der Waals surface area contributed by atoms with Crippen LogP contribution >= 0.6 is 0 Å². The second-order valence-corrected chi connectivity index (χ2v) is 5.33. The summed E-state index contributed by atoms with van der Waals surface area (Å²) in [5, 5.41) is 7.62. The van der Waals surface area contributed by atoms with Crippen molar-refractivity contribution < 1.29 is 14.4 Å². The Labute approximate surface area is 151 Å². The van der Waals surface area contributed by atoms with Gasteiger partial charge in [-0.15, -0.1) is 6.58 Å². The Bertz CT molecular complexity index is 790. The Kier molecular flexibility index (Phi) is 7.05. The van der Waals surface area contributed by atoms with Crippen LogP contribution in [-0.4, -0.2) is 35.8 Å². The summed E-state index contributed by atoms with van der Waals surface area (Å²) in [6.45, 7) is 4.11. The zero-order valence-corrected chi connectivity index (χ0v) is 14.2. The smallest absolute Gasteiger partial charge is 0.313 e. The topological polar surface area (TPSA) is 100 Å². The van der Waals surface area contributed by atoms with Gasteiger partial charge in [0.05, 0.1) is 11.3 Å². The SMILES string of the molecule is C=CCNC(=O)c1ccccc1NC(=O)C(=O)NCCc1ccccn1. The fourth-order valence-electron chi connectivity index (χ4n) is 2.16. The number of carbonyl (C=O) groups excluding carboxylic acids is 3. The van der Waals surface area contributed by atoms with Crippen molar-refractivity contribution in [1.29, 1.82) is 0 Å². The van der Waals surface area contributed by atoms with Gasteiger partial charge in [0.1, 0.15) is 0 Å². The number of nitrogens with zero attached hydrogens (tertiary/aromatic N) is 1. The highest BCUT2D eigenvalue weighted by Gasteiger charge is 2.17. The van der Waals surface area contributed by atoms with Crippen molar-refractivity contribution in [2.75, 3.05) is 18.4 Å². The first kappa shape index (κ1) is 18.9. The first-order chi connectivity index (χ1) is 12.6. The minimum Gasteiger partial charge on any atom is -0.349 e. The lowest BCUT2D eigenvalue weighted by atomic mass is 10.1. The van der Waals surface area contributed by atoms with Crippen LogP contribution in [0.5, 0.6) is 0 Å². The normalized spacial score (nSPS) is 9.85. The number of anilines is 1. The van der Waals surface area contributed by atoms with E-state index in [1.165, 1.54) is 0 Å². The van der Waals surface area contributed by atoms with Crippen LogP contribution < -0.4 is 16.0 Å². The molecule has 0 bridgehead atoms. The molecule has 1 heterocycles. The van der Waals surface area contributed by atoms with Crippen molar-refractivity contribution >= 4 is 23.4 Å². The monoisotopic (exact) mass is 352 g/mol. The van der Waals surface area contributed by atoms with E-state index in [0.717, 1.165) is 5.69 Å². The fraction of sp³-hybridized carbons (Fsp3) is 0.158. The highest BCUT2D eigenvalue weighted by Crippen LogP contribution is 2.14. The summed E-state index contributed by atoms with van der Waals surface area (Å²) in [5.41, 5.74) is 1.35. The molecule has 0 radical (unpaired) electrons. The van der Waals surface area contributed by atoms with Crippen molar-refractivity contribution in [1.82, 2.24) is 15.6 Å². The molecule has 26 heavy (non-hydrogen) atoms. The number of rotatable bonds is 7. The summed E-state index contributed by atoms with van der Waals surface area (Å²) in [6, 6.07) is 12.0. The maximum Gasteiger partial charge on any atom is 0.313 e. The summed E-state index contributed by atoms with van der Waals surface area (Å²) in [4.78, 5) is 40.2. The minimum absolute atomic E-state index is 0.263. The maximum absolute atomic E-state index is 12.1. The van der Waals surface area contributed by atoms with Crippen LogP contribution in [0.15, 0.2) is 61.3 Å². The number of pyridine rings is 1. The molecule has 134 valence electrons. The van der Waals surface area contributed by atoms with E-state index in [-0.39, 0.29) is 23.7 Å². The quantitative estimate of drug-likeness (QED) is 0.516. The lowest BCUT2D eigenvalue weighted by molar-refractivity contribution is -0.136. The highest BCUT2D eigenvalue weighted by molar-refractivity contribution is 6.40. The first-order valence-corrected chi connectivity index (χ1v) is 8.09. The number of benzene rings is 1. The molecule has 3 N–H and O–H groups in total. The number of hydrogen-bond donors (Lipinski definition) is 3. The Morgan fingerprint density at radius 3 is 2.50 bits per heavy atom. The molecule has 1 aromatic heterocycles. The number of amides is 3. The molecule has 2 rings (SSSR count). The molecule has 0 spiro atoms. The zero-order chi connectivity index (χ0) is 18.8. The average molecular weight is 352 g/mol. The van der Waals surface area contributed by atoms with Crippen LogP contribution in [0.4, 0.5) is 5.69 Å². The molecule has 0 atom stereocenters. The van der Waals surface area contributed by atoms with E-state index in [0.29, 0.717) is 13.0 Å². The predicted molar refractivity (Wildman–Crippen MR) is 98.6 cm³/mol. The van der Waals surface area contributed by atoms with Gasteiger partial charge < -0.3 is 16.0 Å². The van der Waals surface area contributed by atoms with Gasteiger partial charge in [0.2, 0.25) is 0 Å². The Balaban J connectivity index is 1.91. The molecular formula is C19H20N4O3. The van der Waals surface area contributed by atoms with Crippen molar-refractivity contribution in [3.63, 3.8) is 0 Å². The van der Waals surface area contributed by atoms with Gasteiger partial charge in [-0.3, -0.25) is 19.4 Å². The average Bonchev–Trinajstić information content (AvgIpc) is 2.67. The number of nitrogens with one attached hydrogen (secondary N) is 3. The summed E-state index contributed by atoms with van der Waals surface area (Å²) in [6.07, 6.45) is 3.73. The van der Waals surface area contributed by atoms with E-state index in [2.05, 4.69) is 27.5 Å². The zero-order valence-electron chi connectivity index (χ0n) is 14.2. The number of para-hydroxylation sites is 1. The van der Waals surface area contributed by atoms with Crippen LogP contribution in [0.3, 0.4) is 0 Å². The van der Waals surface area contributed by atoms with Crippen molar-refractivity contribution in [3.8, 4) is 0 Å². The van der Waals surface area contributed by atoms with Crippen LogP contribution in [-0.2, 0) is 16.0 Å². The molecule has 3 amide bonds. The third-order valence-electron chi connectivity index (χ3n) is 3.43. The molecular weight excluding hydrogens is 332 g/mol. The van der Waals surface area contributed by atoms with E-state index in [4.69, 9.17) is 0 Å². The molecule has 0 aliphatic rings. The first-order valence-electron chi connectivity index (χ1n) is 8.09. The van der Waals surface area contributed by atoms with Crippen molar-refractivity contribution in [3.05, 3.63) is 72.6 Å². The Morgan fingerprint density at radius 1 is 1.00 bits per heavy atom. The van der Waals surface area contributed by atoms with Gasteiger partial charge in [-0.25, -0.2) is 0 Å². The largest absolute Gasteiger partial charge is 0.349 e. The summed E-state index contributed by atoms with van der Waals surface area (Å²) in [7, 11) is 0. The van der Waals surface area contributed by atoms with Crippen LogP contribution in [0.2, 0.25) is 0 Å². The lowest BCUT2D eigenvalue weighted by Crippen LogP contribution is -2.37. The molecule has 2 aromatic rings. The van der Waals surface area contributed by atoms with E-state index in [1.807, 2.05) is 12.1 Å². The molecule has 0 aliphatic heterocycles. The maximum atomic E-state index is 12.1. The molecule has 0 fully saturated rings. The van der Waals surface area contributed by atoms with E-state index < -0.39 is 11.8 Å². The molecule has 0 saturated carbocycles. The van der Waals surface area contributed by atoms with Crippen molar-refractivity contribution in [2.24, 2.45) is 0 Å². The van der Waals surface area contributed by atoms with Crippen molar-refractivity contribution in [2.45, 2.75) is 6.42 Å². The summed E-state index contributed by atoms with van der Waals surface area (Å²) < 4.78 is 0. The van der Waals surface area contributed by atoms with Crippen LogP contribution in [0.1, 0.15) is 16.1 Å². The third kappa shape index (κ3) is 5.55. The highest BCUT2D eigenvalue weighted by atomic mass is 16.2. The summed E-state index contributed by atoms with van der Waals surface area (Å²) in [5.74, 6) is -1.98. The van der Waals surface area contributed by atoms with Gasteiger partial charge in [-0.2, -0.15) is 0 Å².